The number of benzene rings is 2. The Labute approximate surface area is 414 Å². The summed E-state index contributed by atoms with van der Waals surface area (Å²) in [6, 6.07) is 15.3. The molecule has 18 nitrogen and oxygen atoms in total. The Morgan fingerprint density at radius 1 is 0.817 bits per heavy atom. The molecule has 6 aliphatic heterocycles. The second-order valence-corrected chi connectivity index (χ2v) is 21.3. The van der Waals surface area contributed by atoms with Gasteiger partial charge in [-0.1, -0.05) is 11.2 Å². The molecule has 2 aromatic carbocycles. The highest BCUT2D eigenvalue weighted by molar-refractivity contribution is 6.24. The lowest BCUT2D eigenvalue weighted by Gasteiger charge is -2.43. The zero-order valence-electron chi connectivity index (χ0n) is 41.4. The number of nitrogens with zero attached hydrogens (tertiary/aromatic N) is 12. The zero-order chi connectivity index (χ0) is 49.3. The molecule has 3 amide bonds. The monoisotopic (exact) mass is 962 g/mol. The van der Waals surface area contributed by atoms with E-state index < -0.39 is 23.4 Å². The summed E-state index contributed by atoms with van der Waals surface area (Å²) in [5.41, 5.74) is 7.04. The highest BCUT2D eigenvalue weighted by atomic mass is 16.2. The van der Waals surface area contributed by atoms with Gasteiger partial charge in [0.1, 0.15) is 11.6 Å². The third-order valence-corrected chi connectivity index (χ3v) is 16.5. The smallest absolute Gasteiger partial charge is 0.262 e. The van der Waals surface area contributed by atoms with Gasteiger partial charge in [0.2, 0.25) is 5.95 Å². The molecule has 11 rings (SSSR count). The molecule has 4 fully saturated rings. The number of piperidine rings is 2. The van der Waals surface area contributed by atoms with Crippen molar-refractivity contribution in [1.29, 1.82) is 0 Å². The molecule has 8 heterocycles. The van der Waals surface area contributed by atoms with E-state index in [1.807, 2.05) is 69.2 Å². The van der Waals surface area contributed by atoms with Crippen LogP contribution in [0.15, 0.2) is 71.0 Å². The van der Waals surface area contributed by atoms with Crippen LogP contribution in [-0.2, 0) is 26.5 Å². The number of nitrogens with one attached hydrogen (secondary N) is 1. The Morgan fingerprint density at radius 3 is 2.35 bits per heavy atom. The predicted molar refractivity (Wildman–Crippen MR) is 269 cm³/mol. The number of anilines is 4. The van der Waals surface area contributed by atoms with Crippen LogP contribution in [0.5, 0.6) is 0 Å². The van der Waals surface area contributed by atoms with E-state index in [9.17, 15) is 24.0 Å². The fraction of sp³-hybridized carbons (Fsp3) is 0.509. The maximum atomic E-state index is 14.0. The summed E-state index contributed by atoms with van der Waals surface area (Å²) < 4.78 is 1.69. The number of amides is 3. The normalized spacial score (nSPS) is 23.4. The molecule has 1 unspecified atom stereocenters. The Balaban J connectivity index is 0.641. The first kappa shape index (κ1) is 46.7. The molecular formula is C53H63N13O5. The van der Waals surface area contributed by atoms with Crippen molar-refractivity contribution < 1.29 is 24.0 Å². The van der Waals surface area contributed by atoms with Gasteiger partial charge in [0.05, 0.1) is 47.0 Å². The van der Waals surface area contributed by atoms with Gasteiger partial charge in [-0.2, -0.15) is 0 Å². The van der Waals surface area contributed by atoms with Gasteiger partial charge in [0.15, 0.2) is 5.78 Å². The van der Waals surface area contributed by atoms with Crippen molar-refractivity contribution >= 4 is 58.1 Å². The molecule has 1 saturated carbocycles. The molecule has 7 aliphatic rings. The SMILES string of the molecule is CC1=C(C(=O)Nc2ccc3c(c2)C(c2ccnc(N4CCN(CC5CCN(CC6CCN(c7ccc8c(c7)C(=O)N(C7CCC(=O)CC7=O)C8=O)CC6)CC5)[C@@H](C)C4)c2)=NC3)C(C)(C)n2nnnc2N1C. The van der Waals surface area contributed by atoms with Gasteiger partial charge in [-0.05, 0) is 143 Å². The second kappa shape index (κ2) is 18.5. The molecule has 3 saturated heterocycles. The average molecular weight is 962 g/mol. The van der Waals surface area contributed by atoms with Crippen LogP contribution in [0.3, 0.4) is 0 Å². The van der Waals surface area contributed by atoms with Crippen molar-refractivity contribution in [2.75, 3.05) is 86.0 Å². The molecule has 4 aromatic rings. The Morgan fingerprint density at radius 2 is 1.58 bits per heavy atom. The number of likely N-dealkylation sites (tertiary alicyclic amines) is 1. The number of carbonyl (C=O) groups excluding carboxylic acids is 5. The van der Waals surface area contributed by atoms with E-state index in [0.29, 0.717) is 52.8 Å². The molecule has 0 bridgehead atoms. The average Bonchev–Trinajstić information content (AvgIpc) is 4.10. The van der Waals surface area contributed by atoms with Crippen LogP contribution >= 0.6 is 0 Å². The standard InChI is InChI=1S/C53H63N13O5/c1-32-29-64(46-24-36(12-17-54-46)48-42-25-38(7-6-37(42)28-55-48)56-49(69)47-33(2)60(5)52-57-58-59-66(52)53(47,3)4)23-22-63(32)31-35-13-18-61(19-14-35)30-34-15-20-62(21-16-34)39-8-10-41-43(26-39)51(71)65(50(41)70)44-11-9-40(67)27-45(44)68/h6-8,10,12,17,24-26,32,34-35,44H,9,11,13-16,18-23,27-31H2,1-5H3,(H,56,69)/t32-,44?/m0/s1. The molecule has 370 valence electrons. The minimum atomic E-state index is -0.852. The van der Waals surface area contributed by atoms with Crippen molar-refractivity contribution in [2.24, 2.45) is 16.8 Å². The number of aliphatic imine (C=N–C) groups is 1. The molecule has 0 spiro atoms. The molecular weight excluding hydrogens is 899 g/mol. The number of tetrazole rings is 1. The Hall–Kier alpha value is -6.66. The number of allylic oxidation sites excluding steroid dienone is 1. The number of aromatic nitrogens is 5. The Bertz CT molecular complexity index is 2890. The summed E-state index contributed by atoms with van der Waals surface area (Å²) in [6.45, 7) is 17.8. The van der Waals surface area contributed by atoms with Crippen LogP contribution < -0.4 is 20.0 Å². The second-order valence-electron chi connectivity index (χ2n) is 21.3. The number of rotatable bonds is 10. The predicted octanol–water partition coefficient (Wildman–Crippen LogP) is 4.94. The maximum absolute atomic E-state index is 14.0. The number of fused-ring (bicyclic) bond motifs is 3. The number of ketones is 2. The molecule has 0 radical (unpaired) electrons. The minimum absolute atomic E-state index is 0.132. The van der Waals surface area contributed by atoms with Crippen molar-refractivity contribution in [3.05, 3.63) is 93.8 Å². The lowest BCUT2D eigenvalue weighted by molar-refractivity contribution is -0.132. The van der Waals surface area contributed by atoms with Crippen molar-refractivity contribution in [3.8, 4) is 0 Å². The molecule has 2 atom stereocenters. The lowest BCUT2D eigenvalue weighted by Crippen LogP contribution is -2.54. The maximum Gasteiger partial charge on any atom is 0.262 e. The van der Waals surface area contributed by atoms with Crippen molar-refractivity contribution in [3.63, 3.8) is 0 Å². The zero-order valence-corrected chi connectivity index (χ0v) is 41.4. The first-order valence-electron chi connectivity index (χ1n) is 25.4. The molecule has 1 N–H and O–H groups in total. The summed E-state index contributed by atoms with van der Waals surface area (Å²) >= 11 is 0. The fourth-order valence-corrected chi connectivity index (χ4v) is 12.3. The number of imide groups is 1. The number of carbonyl (C=O) groups is 5. The third kappa shape index (κ3) is 8.61. The van der Waals surface area contributed by atoms with E-state index in [-0.39, 0.29) is 36.7 Å². The van der Waals surface area contributed by atoms with Crippen molar-refractivity contribution in [1.82, 2.24) is 39.9 Å². The highest BCUT2D eigenvalue weighted by Crippen LogP contribution is 2.38. The first-order valence-corrected chi connectivity index (χ1v) is 25.4. The van der Waals surface area contributed by atoms with Crippen LogP contribution in [-0.4, -0.2) is 153 Å². The summed E-state index contributed by atoms with van der Waals surface area (Å²) in [5.74, 6) is 1.31. The first-order chi connectivity index (χ1) is 34.2. The van der Waals surface area contributed by atoms with Gasteiger partial charge < -0.3 is 24.9 Å². The minimum Gasteiger partial charge on any atom is -0.371 e. The topological polar surface area (TPSA) is 186 Å². The van der Waals surface area contributed by atoms with Crippen LogP contribution in [0.25, 0.3) is 0 Å². The van der Waals surface area contributed by atoms with E-state index in [0.717, 1.165) is 116 Å². The summed E-state index contributed by atoms with van der Waals surface area (Å²) in [5, 5.41) is 15.4. The number of hydrogen-bond acceptors (Lipinski definition) is 15. The van der Waals surface area contributed by atoms with E-state index in [1.165, 1.54) is 12.8 Å². The largest absolute Gasteiger partial charge is 0.371 e. The summed E-state index contributed by atoms with van der Waals surface area (Å²) in [6.07, 6.45) is 6.66. The van der Waals surface area contributed by atoms with Crippen LogP contribution in [0.4, 0.5) is 23.1 Å². The van der Waals surface area contributed by atoms with Gasteiger partial charge >= 0.3 is 0 Å². The van der Waals surface area contributed by atoms with Gasteiger partial charge in [0.25, 0.3) is 17.7 Å². The molecule has 71 heavy (non-hydrogen) atoms. The summed E-state index contributed by atoms with van der Waals surface area (Å²) in [4.78, 5) is 87.9. The van der Waals surface area contributed by atoms with Crippen LogP contribution in [0.1, 0.15) is 110 Å². The summed E-state index contributed by atoms with van der Waals surface area (Å²) in [7, 11) is 1.87. The number of piperazine rings is 1. The fourth-order valence-electron chi connectivity index (χ4n) is 12.3. The highest BCUT2D eigenvalue weighted by Gasteiger charge is 2.45. The van der Waals surface area contributed by atoms with Gasteiger partial charge in [-0.15, -0.1) is 0 Å². The molecule has 2 aromatic heterocycles. The number of pyridine rings is 1. The van der Waals surface area contributed by atoms with Crippen molar-refractivity contribution in [2.45, 2.75) is 96.8 Å². The van der Waals surface area contributed by atoms with Gasteiger partial charge in [-0.3, -0.25) is 38.8 Å². The van der Waals surface area contributed by atoms with E-state index in [2.05, 4.69) is 59.5 Å². The van der Waals surface area contributed by atoms with E-state index in [4.69, 9.17) is 9.98 Å². The van der Waals surface area contributed by atoms with Crippen LogP contribution in [0, 0.1) is 11.8 Å². The number of Topliss-reactive ketones (excluding diaryl/α,β-unsaturated/α-hetero) is 2. The number of hydrogen-bond donors (Lipinski definition) is 1. The molecule has 1 aliphatic carbocycles. The third-order valence-electron chi connectivity index (χ3n) is 16.5. The Kier molecular flexibility index (Phi) is 12.2. The van der Waals surface area contributed by atoms with E-state index >= 15 is 0 Å². The van der Waals surface area contributed by atoms with Gasteiger partial charge in [0, 0.05) is 99.7 Å². The molecule has 18 heteroatoms. The lowest BCUT2D eigenvalue weighted by atomic mass is 9.89. The van der Waals surface area contributed by atoms with Gasteiger partial charge in [-0.25, -0.2) is 9.67 Å². The quantitative estimate of drug-likeness (QED) is 0.166. The van der Waals surface area contributed by atoms with Crippen LogP contribution in [0.2, 0.25) is 0 Å². The van der Waals surface area contributed by atoms with E-state index in [1.54, 1.807) is 10.7 Å².